The predicted molar refractivity (Wildman–Crippen MR) is 91.8 cm³/mol. The third kappa shape index (κ3) is 5.68. The van der Waals surface area contributed by atoms with Crippen LogP contribution in [0.1, 0.15) is 23.0 Å². The van der Waals surface area contributed by atoms with Gasteiger partial charge in [-0.05, 0) is 36.2 Å². The van der Waals surface area contributed by atoms with Crippen LogP contribution in [0.15, 0.2) is 36.4 Å². The molecule has 0 saturated carbocycles. The molecule has 8 heteroatoms. The summed E-state index contributed by atoms with van der Waals surface area (Å²) in [6.07, 6.45) is 0.741. The molecule has 25 heavy (non-hydrogen) atoms. The van der Waals surface area contributed by atoms with Crippen molar-refractivity contribution in [3.63, 3.8) is 0 Å². The summed E-state index contributed by atoms with van der Waals surface area (Å²) in [4.78, 5) is 35.9. The first-order valence-electron chi connectivity index (χ1n) is 7.60. The average Bonchev–Trinajstić information content (AvgIpc) is 3.08. The average molecular weight is 364 g/mol. The zero-order valence-corrected chi connectivity index (χ0v) is 14.3. The van der Waals surface area contributed by atoms with Crippen molar-refractivity contribution in [2.24, 2.45) is 0 Å². The van der Waals surface area contributed by atoms with Crippen LogP contribution >= 0.6 is 11.3 Å². The summed E-state index contributed by atoms with van der Waals surface area (Å²) in [6.45, 7) is 1.77. The Morgan fingerprint density at radius 3 is 2.52 bits per heavy atom. The van der Waals surface area contributed by atoms with Crippen LogP contribution in [0, 0.1) is 5.82 Å². The van der Waals surface area contributed by atoms with Gasteiger partial charge in [0.15, 0.2) is 6.61 Å². The second-order valence-corrected chi connectivity index (χ2v) is 6.13. The molecule has 0 unspecified atom stereocenters. The molecule has 0 saturated heterocycles. The lowest BCUT2D eigenvalue weighted by Crippen LogP contribution is -2.41. The van der Waals surface area contributed by atoms with Crippen molar-refractivity contribution >= 4 is 29.2 Å². The van der Waals surface area contributed by atoms with E-state index in [1.807, 2.05) is 6.92 Å². The standard InChI is InChI=1S/C17H17FN2O4S/c1-2-9-19-17(23)20-15(21)10-24-16(22)14-8-7-13(25-14)11-3-5-12(18)6-4-11/h3-8H,2,9-10H2,1H3,(H2,19,20,21,23). The van der Waals surface area contributed by atoms with E-state index in [4.69, 9.17) is 4.74 Å². The molecule has 0 aliphatic heterocycles. The summed E-state index contributed by atoms with van der Waals surface area (Å²) in [7, 11) is 0. The Hall–Kier alpha value is -2.74. The summed E-state index contributed by atoms with van der Waals surface area (Å²) < 4.78 is 17.8. The monoisotopic (exact) mass is 364 g/mol. The Morgan fingerprint density at radius 1 is 1.12 bits per heavy atom. The first kappa shape index (κ1) is 18.6. The fraction of sp³-hybridized carbons (Fsp3) is 0.235. The van der Waals surface area contributed by atoms with E-state index in [2.05, 4.69) is 10.6 Å². The van der Waals surface area contributed by atoms with E-state index in [0.29, 0.717) is 11.4 Å². The van der Waals surface area contributed by atoms with Gasteiger partial charge in [0.2, 0.25) is 0 Å². The van der Waals surface area contributed by atoms with E-state index in [-0.39, 0.29) is 5.82 Å². The minimum Gasteiger partial charge on any atom is -0.451 e. The van der Waals surface area contributed by atoms with Gasteiger partial charge in [-0.15, -0.1) is 11.3 Å². The lowest BCUT2D eigenvalue weighted by molar-refractivity contribution is -0.123. The first-order valence-corrected chi connectivity index (χ1v) is 8.42. The van der Waals surface area contributed by atoms with Gasteiger partial charge in [0, 0.05) is 11.4 Å². The van der Waals surface area contributed by atoms with E-state index in [0.717, 1.165) is 16.9 Å². The Balaban J connectivity index is 1.86. The fourth-order valence-electron chi connectivity index (χ4n) is 1.86. The van der Waals surface area contributed by atoms with Crippen LogP contribution in [0.25, 0.3) is 10.4 Å². The van der Waals surface area contributed by atoms with Crippen molar-refractivity contribution in [2.75, 3.05) is 13.2 Å². The minimum absolute atomic E-state index is 0.308. The van der Waals surface area contributed by atoms with Crippen molar-refractivity contribution in [1.82, 2.24) is 10.6 Å². The molecule has 0 fully saturated rings. The normalized spacial score (nSPS) is 10.2. The second kappa shape index (κ2) is 8.93. The quantitative estimate of drug-likeness (QED) is 0.772. The van der Waals surface area contributed by atoms with Gasteiger partial charge in [-0.1, -0.05) is 19.1 Å². The molecular formula is C17H17FN2O4S. The summed E-state index contributed by atoms with van der Waals surface area (Å²) in [5.41, 5.74) is 0.774. The van der Waals surface area contributed by atoms with Crippen LogP contribution < -0.4 is 10.6 Å². The topological polar surface area (TPSA) is 84.5 Å². The number of thiophene rings is 1. The fourth-order valence-corrected chi connectivity index (χ4v) is 2.77. The molecule has 1 aromatic heterocycles. The van der Waals surface area contributed by atoms with Crippen LogP contribution in [-0.2, 0) is 9.53 Å². The number of carbonyl (C=O) groups excluding carboxylic acids is 3. The Labute approximate surface area is 148 Å². The molecular weight excluding hydrogens is 347 g/mol. The number of hydrogen-bond donors (Lipinski definition) is 2. The van der Waals surface area contributed by atoms with Gasteiger partial charge in [0.1, 0.15) is 10.7 Å². The Kier molecular flexibility index (Phi) is 6.64. The highest BCUT2D eigenvalue weighted by Crippen LogP contribution is 2.28. The summed E-state index contributed by atoms with van der Waals surface area (Å²) in [5.74, 6) is -1.71. The van der Waals surface area contributed by atoms with Crippen LogP contribution in [0.4, 0.5) is 9.18 Å². The third-order valence-electron chi connectivity index (χ3n) is 3.06. The number of rotatable bonds is 6. The van der Waals surface area contributed by atoms with E-state index < -0.39 is 24.5 Å². The number of benzene rings is 1. The molecule has 0 atom stereocenters. The molecule has 0 aliphatic carbocycles. The third-order valence-corrected chi connectivity index (χ3v) is 4.17. The number of ether oxygens (including phenoxy) is 1. The van der Waals surface area contributed by atoms with E-state index in [1.54, 1.807) is 24.3 Å². The molecule has 1 heterocycles. The molecule has 1 aromatic carbocycles. The highest BCUT2D eigenvalue weighted by Gasteiger charge is 2.14. The van der Waals surface area contributed by atoms with Crippen molar-refractivity contribution in [1.29, 1.82) is 0 Å². The lowest BCUT2D eigenvalue weighted by Gasteiger charge is -2.06. The van der Waals surface area contributed by atoms with Gasteiger partial charge in [0.25, 0.3) is 5.91 Å². The highest BCUT2D eigenvalue weighted by molar-refractivity contribution is 7.17. The number of amides is 3. The molecule has 3 amide bonds. The van der Waals surface area contributed by atoms with Gasteiger partial charge in [-0.25, -0.2) is 14.0 Å². The van der Waals surface area contributed by atoms with E-state index in [1.165, 1.54) is 23.5 Å². The molecule has 132 valence electrons. The van der Waals surface area contributed by atoms with Gasteiger partial charge in [-0.3, -0.25) is 10.1 Å². The van der Waals surface area contributed by atoms with Gasteiger partial charge < -0.3 is 10.1 Å². The van der Waals surface area contributed by atoms with Crippen molar-refractivity contribution < 1.29 is 23.5 Å². The molecule has 0 aliphatic rings. The zero-order chi connectivity index (χ0) is 18.2. The summed E-state index contributed by atoms with van der Waals surface area (Å²) in [6, 6.07) is 8.54. The summed E-state index contributed by atoms with van der Waals surface area (Å²) in [5, 5.41) is 4.53. The number of imide groups is 1. The minimum atomic E-state index is -0.711. The lowest BCUT2D eigenvalue weighted by atomic mass is 10.2. The zero-order valence-electron chi connectivity index (χ0n) is 13.5. The highest BCUT2D eigenvalue weighted by atomic mass is 32.1. The molecule has 2 N–H and O–H groups in total. The maximum Gasteiger partial charge on any atom is 0.348 e. The van der Waals surface area contributed by atoms with Crippen LogP contribution in [0.2, 0.25) is 0 Å². The predicted octanol–water partition coefficient (Wildman–Crippen LogP) is 2.95. The molecule has 2 aromatic rings. The number of urea groups is 1. The number of hydrogen-bond acceptors (Lipinski definition) is 5. The molecule has 0 bridgehead atoms. The largest absolute Gasteiger partial charge is 0.451 e. The second-order valence-electron chi connectivity index (χ2n) is 5.05. The van der Waals surface area contributed by atoms with Gasteiger partial charge in [-0.2, -0.15) is 0 Å². The SMILES string of the molecule is CCCNC(=O)NC(=O)COC(=O)c1ccc(-c2ccc(F)cc2)s1. The van der Waals surface area contributed by atoms with Crippen molar-refractivity contribution in [3.05, 3.63) is 47.1 Å². The van der Waals surface area contributed by atoms with Crippen LogP contribution in [0.5, 0.6) is 0 Å². The summed E-state index contributed by atoms with van der Waals surface area (Å²) >= 11 is 1.17. The Morgan fingerprint density at radius 2 is 1.84 bits per heavy atom. The number of nitrogens with one attached hydrogen (secondary N) is 2. The van der Waals surface area contributed by atoms with Gasteiger partial charge >= 0.3 is 12.0 Å². The molecule has 0 radical (unpaired) electrons. The Bertz CT molecular complexity index is 758. The van der Waals surface area contributed by atoms with Crippen molar-refractivity contribution in [3.8, 4) is 10.4 Å². The van der Waals surface area contributed by atoms with Crippen LogP contribution in [-0.4, -0.2) is 31.1 Å². The van der Waals surface area contributed by atoms with Gasteiger partial charge in [0.05, 0.1) is 0 Å². The maximum absolute atomic E-state index is 12.9. The maximum atomic E-state index is 12.9. The van der Waals surface area contributed by atoms with E-state index in [9.17, 15) is 18.8 Å². The molecule has 6 nitrogen and oxygen atoms in total. The van der Waals surface area contributed by atoms with E-state index >= 15 is 0 Å². The first-order chi connectivity index (χ1) is 12.0. The molecule has 2 rings (SSSR count). The number of carbonyl (C=O) groups is 3. The molecule has 0 spiro atoms. The smallest absolute Gasteiger partial charge is 0.348 e. The van der Waals surface area contributed by atoms with Crippen molar-refractivity contribution in [2.45, 2.75) is 13.3 Å². The van der Waals surface area contributed by atoms with Crippen LogP contribution in [0.3, 0.4) is 0 Å². The number of halogens is 1. The number of esters is 1.